The normalized spacial score (nSPS) is 24.3. The zero-order valence-corrected chi connectivity index (χ0v) is 11.7. The van der Waals surface area contributed by atoms with Crippen molar-refractivity contribution in [1.29, 1.82) is 0 Å². The molecule has 1 N–H and O–H groups in total. The Morgan fingerprint density at radius 1 is 1.39 bits per heavy atom. The molecule has 0 amide bonds. The van der Waals surface area contributed by atoms with Crippen LogP contribution in [0.2, 0.25) is 0 Å². The highest BCUT2D eigenvalue weighted by Crippen LogP contribution is 2.29. The van der Waals surface area contributed by atoms with E-state index in [4.69, 9.17) is 11.6 Å². The van der Waals surface area contributed by atoms with Crippen molar-refractivity contribution in [1.82, 2.24) is 9.97 Å². The fraction of sp³-hybridized carbons (Fsp3) is 0.538. The number of hydrogen-bond acceptors (Lipinski definition) is 4. The summed E-state index contributed by atoms with van der Waals surface area (Å²) in [6, 6.07) is 2.03. The minimum atomic E-state index is 0.359. The average molecular weight is 282 g/mol. The predicted octanol–water partition coefficient (Wildman–Crippen LogP) is 3.90. The van der Waals surface area contributed by atoms with Crippen LogP contribution in [0.1, 0.15) is 25.7 Å². The summed E-state index contributed by atoms with van der Waals surface area (Å²) >= 11 is 7.91. The Labute approximate surface area is 116 Å². The Morgan fingerprint density at radius 2 is 2.33 bits per heavy atom. The minimum absolute atomic E-state index is 0.359. The van der Waals surface area contributed by atoms with E-state index in [1.54, 1.807) is 17.7 Å². The molecule has 2 aromatic heterocycles. The molecule has 5 heteroatoms. The molecule has 0 aromatic carbocycles. The maximum atomic E-state index is 6.22. The first-order valence-corrected chi connectivity index (χ1v) is 7.70. The van der Waals surface area contributed by atoms with Crippen LogP contribution in [0, 0.1) is 5.92 Å². The summed E-state index contributed by atoms with van der Waals surface area (Å²) in [6.07, 6.45) is 6.43. The van der Waals surface area contributed by atoms with Gasteiger partial charge in [-0.05, 0) is 36.6 Å². The van der Waals surface area contributed by atoms with E-state index >= 15 is 0 Å². The number of aromatic nitrogens is 2. The molecule has 2 heterocycles. The van der Waals surface area contributed by atoms with Gasteiger partial charge < -0.3 is 5.32 Å². The summed E-state index contributed by atoms with van der Waals surface area (Å²) < 4.78 is 1.15. The standard InChI is InChI=1S/C13H16ClN3S/c14-10-3-1-2-9(6-10)7-15-13-12-11(4-5-18-12)16-8-17-13/h4-5,8-10H,1-3,6-7H2,(H,15,16,17). The molecule has 0 bridgehead atoms. The predicted molar refractivity (Wildman–Crippen MR) is 77.5 cm³/mol. The van der Waals surface area contributed by atoms with Crippen molar-refractivity contribution in [3.8, 4) is 0 Å². The Hall–Kier alpha value is -0.870. The van der Waals surface area contributed by atoms with Gasteiger partial charge in [-0.2, -0.15) is 0 Å². The van der Waals surface area contributed by atoms with Crippen LogP contribution < -0.4 is 5.32 Å². The van der Waals surface area contributed by atoms with Crippen LogP contribution in [0.15, 0.2) is 17.8 Å². The zero-order chi connectivity index (χ0) is 12.4. The molecule has 0 aliphatic heterocycles. The number of thiophene rings is 1. The van der Waals surface area contributed by atoms with Crippen LogP contribution >= 0.6 is 22.9 Å². The Kier molecular flexibility index (Phi) is 3.66. The molecule has 1 fully saturated rings. The highest BCUT2D eigenvalue weighted by molar-refractivity contribution is 7.17. The van der Waals surface area contributed by atoms with Crippen molar-refractivity contribution in [3.05, 3.63) is 17.8 Å². The van der Waals surface area contributed by atoms with Crippen LogP contribution in [-0.2, 0) is 0 Å². The number of nitrogens with zero attached hydrogens (tertiary/aromatic N) is 2. The fourth-order valence-electron chi connectivity index (χ4n) is 2.57. The summed E-state index contributed by atoms with van der Waals surface area (Å²) in [4.78, 5) is 8.58. The molecule has 1 saturated carbocycles. The molecule has 3 rings (SSSR count). The van der Waals surface area contributed by atoms with E-state index in [1.165, 1.54) is 19.3 Å². The molecule has 0 saturated heterocycles. The van der Waals surface area contributed by atoms with Gasteiger partial charge >= 0.3 is 0 Å². The van der Waals surface area contributed by atoms with Gasteiger partial charge in [0.1, 0.15) is 12.1 Å². The molecule has 2 unspecified atom stereocenters. The topological polar surface area (TPSA) is 37.8 Å². The molecule has 3 nitrogen and oxygen atoms in total. The number of rotatable bonds is 3. The smallest absolute Gasteiger partial charge is 0.147 e. The van der Waals surface area contributed by atoms with E-state index in [0.717, 1.165) is 29.0 Å². The van der Waals surface area contributed by atoms with Gasteiger partial charge in [-0.3, -0.25) is 0 Å². The van der Waals surface area contributed by atoms with Crippen LogP contribution in [0.25, 0.3) is 10.2 Å². The number of halogens is 1. The third-order valence-electron chi connectivity index (χ3n) is 3.52. The van der Waals surface area contributed by atoms with E-state index in [1.807, 2.05) is 6.07 Å². The minimum Gasteiger partial charge on any atom is -0.369 e. The summed E-state index contributed by atoms with van der Waals surface area (Å²) in [5, 5.41) is 5.88. The van der Waals surface area contributed by atoms with Crippen molar-refractivity contribution in [2.24, 2.45) is 5.92 Å². The Bertz CT molecular complexity index is 528. The lowest BCUT2D eigenvalue weighted by atomic mass is 9.89. The van der Waals surface area contributed by atoms with Gasteiger partial charge in [0.25, 0.3) is 0 Å². The monoisotopic (exact) mass is 281 g/mol. The van der Waals surface area contributed by atoms with Gasteiger partial charge in [0.15, 0.2) is 0 Å². The molecule has 18 heavy (non-hydrogen) atoms. The maximum Gasteiger partial charge on any atom is 0.147 e. The van der Waals surface area contributed by atoms with Gasteiger partial charge in [-0.15, -0.1) is 22.9 Å². The summed E-state index contributed by atoms with van der Waals surface area (Å²) in [6.45, 7) is 0.966. The summed E-state index contributed by atoms with van der Waals surface area (Å²) in [7, 11) is 0. The summed E-state index contributed by atoms with van der Waals surface area (Å²) in [5.41, 5.74) is 1.02. The van der Waals surface area contributed by atoms with Crippen molar-refractivity contribution in [3.63, 3.8) is 0 Å². The first kappa shape index (κ1) is 12.2. The second kappa shape index (κ2) is 5.41. The molecule has 96 valence electrons. The largest absolute Gasteiger partial charge is 0.369 e. The van der Waals surface area contributed by atoms with Gasteiger partial charge in [0, 0.05) is 11.9 Å². The molecular formula is C13H16ClN3S. The first-order valence-electron chi connectivity index (χ1n) is 6.39. The van der Waals surface area contributed by atoms with Crippen LogP contribution in [0.5, 0.6) is 0 Å². The molecule has 2 atom stereocenters. The van der Waals surface area contributed by atoms with E-state index in [9.17, 15) is 0 Å². The van der Waals surface area contributed by atoms with E-state index < -0.39 is 0 Å². The van der Waals surface area contributed by atoms with Crippen molar-refractivity contribution in [2.75, 3.05) is 11.9 Å². The van der Waals surface area contributed by atoms with Gasteiger partial charge in [0.05, 0.1) is 10.2 Å². The molecule has 0 radical (unpaired) electrons. The third kappa shape index (κ3) is 2.59. The Balaban J connectivity index is 1.67. The quantitative estimate of drug-likeness (QED) is 0.867. The lowest BCUT2D eigenvalue weighted by molar-refractivity contribution is 0.378. The van der Waals surface area contributed by atoms with Gasteiger partial charge in [0.2, 0.25) is 0 Å². The SMILES string of the molecule is ClC1CCCC(CNc2ncnc3ccsc23)C1. The van der Waals surface area contributed by atoms with Crippen molar-refractivity contribution >= 4 is 39.0 Å². The number of nitrogens with one attached hydrogen (secondary N) is 1. The van der Waals surface area contributed by atoms with Crippen LogP contribution in [-0.4, -0.2) is 21.9 Å². The number of alkyl halides is 1. The fourth-order valence-corrected chi connectivity index (χ4v) is 3.78. The number of anilines is 1. The van der Waals surface area contributed by atoms with Crippen LogP contribution in [0.3, 0.4) is 0 Å². The highest BCUT2D eigenvalue weighted by Gasteiger charge is 2.20. The Morgan fingerprint density at radius 3 is 3.22 bits per heavy atom. The zero-order valence-electron chi connectivity index (χ0n) is 10.1. The van der Waals surface area contributed by atoms with Crippen LogP contribution in [0.4, 0.5) is 5.82 Å². The number of hydrogen-bond donors (Lipinski definition) is 1. The van der Waals surface area contributed by atoms with E-state index in [2.05, 4.69) is 20.7 Å². The van der Waals surface area contributed by atoms with Gasteiger partial charge in [-0.25, -0.2) is 9.97 Å². The average Bonchev–Trinajstić information content (AvgIpc) is 2.85. The molecule has 1 aliphatic carbocycles. The molecule has 0 spiro atoms. The third-order valence-corrected chi connectivity index (χ3v) is 4.83. The highest BCUT2D eigenvalue weighted by atomic mass is 35.5. The lowest BCUT2D eigenvalue weighted by Crippen LogP contribution is -2.22. The molecule has 1 aliphatic rings. The van der Waals surface area contributed by atoms with E-state index in [0.29, 0.717) is 11.3 Å². The number of fused-ring (bicyclic) bond motifs is 1. The summed E-state index contributed by atoms with van der Waals surface area (Å²) in [5.74, 6) is 1.64. The maximum absolute atomic E-state index is 6.22. The molecule has 2 aromatic rings. The van der Waals surface area contributed by atoms with Crippen molar-refractivity contribution in [2.45, 2.75) is 31.1 Å². The lowest BCUT2D eigenvalue weighted by Gasteiger charge is -2.25. The van der Waals surface area contributed by atoms with E-state index in [-0.39, 0.29) is 0 Å². The second-order valence-electron chi connectivity index (χ2n) is 4.87. The molecular weight excluding hydrogens is 266 g/mol. The van der Waals surface area contributed by atoms with Crippen molar-refractivity contribution < 1.29 is 0 Å². The van der Waals surface area contributed by atoms with Gasteiger partial charge in [-0.1, -0.05) is 6.42 Å². The first-order chi connectivity index (χ1) is 8.83. The second-order valence-corrected chi connectivity index (χ2v) is 6.40.